The van der Waals surface area contributed by atoms with E-state index in [1.165, 1.54) is 18.2 Å². The van der Waals surface area contributed by atoms with Crippen molar-refractivity contribution in [2.75, 3.05) is 13.2 Å². The molecule has 1 atom stereocenters. The van der Waals surface area contributed by atoms with Gasteiger partial charge in [0.15, 0.2) is 0 Å². The second kappa shape index (κ2) is 7.16. The topological polar surface area (TPSA) is 110 Å². The largest absolute Gasteiger partial charge is 0.491 e. The van der Waals surface area contributed by atoms with Crippen LogP contribution in [0.2, 0.25) is 0 Å². The molecule has 0 radical (unpaired) electrons. The monoisotopic (exact) mass is 370 g/mol. The van der Waals surface area contributed by atoms with Crippen LogP contribution in [0.3, 0.4) is 0 Å². The number of aliphatic hydroxyl groups is 1. The third-order valence-corrected chi connectivity index (χ3v) is 4.34. The van der Waals surface area contributed by atoms with Crippen LogP contribution in [0.5, 0.6) is 5.75 Å². The summed E-state index contributed by atoms with van der Waals surface area (Å²) in [5.74, 6) is -0.843. The molecule has 2 amide bonds. The third-order valence-electron chi connectivity index (χ3n) is 4.34. The van der Waals surface area contributed by atoms with Crippen LogP contribution in [-0.4, -0.2) is 46.0 Å². The summed E-state index contributed by atoms with van der Waals surface area (Å²) in [6, 6.07) is 9.54. The lowest BCUT2D eigenvalue weighted by atomic mass is 10.1. The first-order chi connectivity index (χ1) is 12.8. The maximum Gasteiger partial charge on any atom is 0.282 e. The molecule has 0 saturated carbocycles. The van der Waals surface area contributed by atoms with Crippen molar-refractivity contribution in [2.45, 2.75) is 20.0 Å². The van der Waals surface area contributed by atoms with Crippen LogP contribution in [0.4, 0.5) is 5.69 Å². The zero-order valence-corrected chi connectivity index (χ0v) is 14.8. The van der Waals surface area contributed by atoms with E-state index >= 15 is 0 Å². The minimum absolute atomic E-state index is 0.0307. The number of rotatable bonds is 6. The number of benzene rings is 2. The highest BCUT2D eigenvalue weighted by molar-refractivity contribution is 6.23. The van der Waals surface area contributed by atoms with Gasteiger partial charge in [0, 0.05) is 6.07 Å². The molecule has 140 valence electrons. The van der Waals surface area contributed by atoms with Gasteiger partial charge in [-0.25, -0.2) is 0 Å². The molecule has 0 fully saturated rings. The number of aliphatic hydroxyl groups excluding tert-OH is 1. The lowest BCUT2D eigenvalue weighted by Gasteiger charge is -2.19. The van der Waals surface area contributed by atoms with Gasteiger partial charge < -0.3 is 9.84 Å². The van der Waals surface area contributed by atoms with Gasteiger partial charge in [0.1, 0.15) is 24.0 Å². The van der Waals surface area contributed by atoms with Crippen LogP contribution in [-0.2, 0) is 0 Å². The Hall–Kier alpha value is -3.26. The first kappa shape index (κ1) is 18.5. The molecule has 8 heteroatoms. The van der Waals surface area contributed by atoms with Gasteiger partial charge in [-0.2, -0.15) is 0 Å². The van der Waals surface area contributed by atoms with E-state index in [1.54, 1.807) is 0 Å². The number of hydrogen-bond donors (Lipinski definition) is 1. The number of imide groups is 1. The summed E-state index contributed by atoms with van der Waals surface area (Å²) in [6.45, 7) is 3.34. The predicted octanol–water partition coefficient (Wildman–Crippen LogP) is 2.25. The number of β-amino-alcohol motifs (C(OH)–C–C–N with tert-alkyl or cyclic N) is 1. The van der Waals surface area contributed by atoms with Gasteiger partial charge in [0.05, 0.1) is 17.0 Å². The van der Waals surface area contributed by atoms with E-state index in [-0.39, 0.29) is 24.3 Å². The van der Waals surface area contributed by atoms with E-state index in [4.69, 9.17) is 4.74 Å². The number of amides is 2. The number of hydrogen-bond acceptors (Lipinski definition) is 6. The Morgan fingerprint density at radius 2 is 1.93 bits per heavy atom. The molecule has 1 heterocycles. The van der Waals surface area contributed by atoms with Crippen LogP contribution in [0.25, 0.3) is 0 Å². The number of nitro benzene ring substituents is 1. The van der Waals surface area contributed by atoms with Gasteiger partial charge in [-0.15, -0.1) is 0 Å². The van der Waals surface area contributed by atoms with E-state index < -0.39 is 28.5 Å². The third kappa shape index (κ3) is 3.52. The summed E-state index contributed by atoms with van der Waals surface area (Å²) in [5, 5.41) is 21.3. The van der Waals surface area contributed by atoms with E-state index in [9.17, 15) is 24.8 Å². The highest BCUT2D eigenvalue weighted by Crippen LogP contribution is 2.30. The Balaban J connectivity index is 1.72. The van der Waals surface area contributed by atoms with Crippen LogP contribution in [0.15, 0.2) is 36.4 Å². The summed E-state index contributed by atoms with van der Waals surface area (Å²) in [7, 11) is 0. The summed E-state index contributed by atoms with van der Waals surface area (Å²) in [5.41, 5.74) is 1.20. The molecule has 1 unspecified atom stereocenters. The Morgan fingerprint density at radius 1 is 1.19 bits per heavy atom. The van der Waals surface area contributed by atoms with E-state index in [0.717, 1.165) is 16.0 Å². The first-order valence-electron chi connectivity index (χ1n) is 8.31. The van der Waals surface area contributed by atoms with Crippen LogP contribution < -0.4 is 4.74 Å². The molecule has 0 spiro atoms. The fraction of sp³-hybridized carbons (Fsp3) is 0.263. The van der Waals surface area contributed by atoms with E-state index in [2.05, 4.69) is 0 Å². The molecule has 1 N–H and O–H groups in total. The summed E-state index contributed by atoms with van der Waals surface area (Å²) in [6.07, 6.45) is -1.13. The number of carbonyl (C=O) groups is 2. The van der Waals surface area contributed by atoms with Crippen molar-refractivity contribution in [3.8, 4) is 5.75 Å². The van der Waals surface area contributed by atoms with Gasteiger partial charge in [0.25, 0.3) is 17.5 Å². The molecule has 0 saturated heterocycles. The Bertz CT molecular complexity index is 940. The normalized spacial score (nSPS) is 14.3. The zero-order valence-electron chi connectivity index (χ0n) is 14.8. The molecule has 0 bridgehead atoms. The highest BCUT2D eigenvalue weighted by atomic mass is 16.6. The maximum absolute atomic E-state index is 12.5. The Kier molecular flexibility index (Phi) is 4.91. The fourth-order valence-corrected chi connectivity index (χ4v) is 2.95. The Morgan fingerprint density at radius 3 is 2.63 bits per heavy atom. The molecular weight excluding hydrogens is 352 g/mol. The number of carbonyl (C=O) groups excluding carboxylic acids is 2. The predicted molar refractivity (Wildman–Crippen MR) is 95.9 cm³/mol. The lowest BCUT2D eigenvalue weighted by Crippen LogP contribution is -2.39. The van der Waals surface area contributed by atoms with Gasteiger partial charge in [-0.1, -0.05) is 18.2 Å². The smallest absolute Gasteiger partial charge is 0.282 e. The van der Waals surface area contributed by atoms with Crippen LogP contribution in [0.1, 0.15) is 31.8 Å². The van der Waals surface area contributed by atoms with Gasteiger partial charge >= 0.3 is 0 Å². The van der Waals surface area contributed by atoms with Crippen molar-refractivity contribution in [1.82, 2.24) is 4.90 Å². The van der Waals surface area contributed by atoms with Gasteiger partial charge in [0.2, 0.25) is 0 Å². The molecule has 2 aromatic carbocycles. The number of ether oxygens (including phenoxy) is 1. The first-order valence-corrected chi connectivity index (χ1v) is 8.31. The molecular formula is C19H18N2O6. The van der Waals surface area contributed by atoms with Crippen LogP contribution in [0, 0.1) is 24.0 Å². The summed E-state index contributed by atoms with van der Waals surface area (Å²) in [4.78, 5) is 36.1. The summed E-state index contributed by atoms with van der Waals surface area (Å²) < 4.78 is 5.59. The molecule has 0 aromatic heterocycles. The van der Waals surface area contributed by atoms with Crippen molar-refractivity contribution in [3.63, 3.8) is 0 Å². The molecule has 1 aliphatic heterocycles. The Labute approximate surface area is 155 Å². The van der Waals surface area contributed by atoms with Crippen molar-refractivity contribution in [2.24, 2.45) is 0 Å². The second-order valence-electron chi connectivity index (χ2n) is 6.41. The standard InChI is InChI=1S/C19H18N2O6/c1-11-6-7-12(2)16(8-11)27-10-13(22)9-20-18(23)14-4-3-5-15(21(25)26)17(14)19(20)24/h3-8,13,22H,9-10H2,1-2H3. The van der Waals surface area contributed by atoms with Crippen molar-refractivity contribution in [3.05, 3.63) is 68.8 Å². The van der Waals surface area contributed by atoms with E-state index in [1.807, 2.05) is 32.0 Å². The summed E-state index contributed by atoms with van der Waals surface area (Å²) >= 11 is 0. The maximum atomic E-state index is 12.5. The quantitative estimate of drug-likeness (QED) is 0.474. The SMILES string of the molecule is Cc1ccc(C)c(OCC(O)CN2C(=O)c3cccc([N+](=O)[O-])c3C2=O)c1. The molecule has 27 heavy (non-hydrogen) atoms. The van der Waals surface area contributed by atoms with Crippen molar-refractivity contribution < 1.29 is 24.4 Å². The minimum Gasteiger partial charge on any atom is -0.491 e. The number of nitro groups is 1. The van der Waals surface area contributed by atoms with E-state index in [0.29, 0.717) is 5.75 Å². The molecule has 2 aromatic rings. The minimum atomic E-state index is -1.13. The average Bonchev–Trinajstić information content (AvgIpc) is 2.87. The van der Waals surface area contributed by atoms with Crippen molar-refractivity contribution in [1.29, 1.82) is 0 Å². The van der Waals surface area contributed by atoms with Gasteiger partial charge in [-0.05, 0) is 37.1 Å². The molecule has 0 aliphatic carbocycles. The van der Waals surface area contributed by atoms with Crippen molar-refractivity contribution >= 4 is 17.5 Å². The molecule has 3 rings (SSSR count). The fourth-order valence-electron chi connectivity index (χ4n) is 2.95. The highest BCUT2D eigenvalue weighted by Gasteiger charge is 2.41. The van der Waals surface area contributed by atoms with Gasteiger partial charge in [-0.3, -0.25) is 24.6 Å². The number of nitrogens with zero attached hydrogens (tertiary/aromatic N) is 2. The number of fused-ring (bicyclic) bond motifs is 1. The average molecular weight is 370 g/mol. The second-order valence-corrected chi connectivity index (χ2v) is 6.41. The van der Waals surface area contributed by atoms with Crippen LogP contribution >= 0.6 is 0 Å². The molecule has 8 nitrogen and oxygen atoms in total. The number of aryl methyl sites for hydroxylation is 2. The lowest BCUT2D eigenvalue weighted by molar-refractivity contribution is -0.385. The molecule has 1 aliphatic rings. The zero-order chi connectivity index (χ0) is 19.7.